The van der Waals surface area contributed by atoms with Gasteiger partial charge in [-0.3, -0.25) is 4.79 Å². The van der Waals surface area contributed by atoms with Gasteiger partial charge in [0.1, 0.15) is 5.70 Å². The van der Waals surface area contributed by atoms with E-state index in [0.717, 1.165) is 0 Å². The van der Waals surface area contributed by atoms with Crippen molar-refractivity contribution >= 4 is 31.0 Å². The van der Waals surface area contributed by atoms with Gasteiger partial charge in [-0.05, 0) is 26.0 Å². The molecule has 0 spiro atoms. The van der Waals surface area contributed by atoms with E-state index in [4.69, 9.17) is 0 Å². The maximum absolute atomic E-state index is 11.8. The molecular formula is C13H15LiLrN2O-. The minimum Gasteiger partial charge on any atom is -0.358 e. The topological polar surface area (TPSA) is 41.5 Å². The number of hydrogen-bond donors (Lipinski definition) is 1. The summed E-state index contributed by atoms with van der Waals surface area (Å²) in [5, 5.41) is 2.84. The number of hydrogen-bond acceptors (Lipinski definition) is 2. The summed E-state index contributed by atoms with van der Waals surface area (Å²) in [5.41, 5.74) is 3.79. The SMILES string of the molecule is CC1(C)C=NC2=C=CC=CC=C2NC1=O.[CH3-].[Li].[Lr]. The van der Waals surface area contributed by atoms with E-state index in [0.29, 0.717) is 11.4 Å². The number of nitrogens with one attached hydrogen (secondary N) is 1. The number of nitrogens with zero attached hydrogens (tertiary/aromatic N) is 1. The van der Waals surface area contributed by atoms with Crippen LogP contribution in [0.15, 0.2) is 46.4 Å². The number of carbonyl (C=O) groups excluding carboxylic acids is 1. The summed E-state index contributed by atoms with van der Waals surface area (Å²) < 4.78 is 0. The van der Waals surface area contributed by atoms with Crippen molar-refractivity contribution in [1.82, 2.24) is 5.32 Å². The number of aliphatic imine (C=N–C) groups is 1. The second-order valence-electron chi connectivity index (χ2n) is 4.06. The maximum Gasteiger partial charge on any atom is 0.235 e. The van der Waals surface area contributed by atoms with E-state index < -0.39 is 5.41 Å². The Hall–Kier alpha value is -2.26. The monoisotopic (exact) mass is 484 g/mol. The zero-order valence-corrected chi connectivity index (χ0v) is 13.2. The number of fused-ring (bicyclic) bond motifs is 1. The molecule has 2 aliphatic rings. The molecule has 1 amide bonds. The van der Waals surface area contributed by atoms with Gasteiger partial charge in [-0.2, -0.15) is 0 Å². The van der Waals surface area contributed by atoms with Gasteiger partial charge in [0.2, 0.25) is 5.91 Å². The van der Waals surface area contributed by atoms with Crippen LogP contribution in [0.1, 0.15) is 13.8 Å². The van der Waals surface area contributed by atoms with Gasteiger partial charge in [0.15, 0.2) is 0 Å². The van der Waals surface area contributed by atoms with Gasteiger partial charge in [0, 0.05) is 25.1 Å². The molecule has 100 valence electrons. The summed E-state index contributed by atoms with van der Waals surface area (Å²) in [6.07, 6.45) is 8.96. The number of amides is 1. The second kappa shape index (κ2) is 6.47. The van der Waals surface area contributed by atoms with Crippen LogP contribution in [0.3, 0.4) is 0 Å². The van der Waals surface area contributed by atoms with E-state index in [1.165, 1.54) is 0 Å². The van der Waals surface area contributed by atoms with Crippen molar-refractivity contribution < 1.29 is 4.79 Å². The Labute approximate surface area is 114 Å². The van der Waals surface area contributed by atoms with Gasteiger partial charge in [0.25, 0.3) is 0 Å². The molecule has 18 heavy (non-hydrogen) atoms. The standard InChI is InChI=1S/C12H12N2O.CH3.Li.Lr/c1-12(2)8-13-9-6-4-3-5-7-10(9)14-11(12)15;;;/h3-5,7-8H,1-2H3,(H,14,15);1H3;;/q;-1;;. The molecule has 0 atom stereocenters. The third-order valence-corrected chi connectivity index (χ3v) is 2.30. The summed E-state index contributed by atoms with van der Waals surface area (Å²) in [6, 6.07) is 0. The average molecular weight is 484 g/mol. The predicted octanol–water partition coefficient (Wildman–Crippen LogP) is 1.78. The summed E-state index contributed by atoms with van der Waals surface area (Å²) in [7, 11) is 0. The van der Waals surface area contributed by atoms with Crippen LogP contribution >= 0.6 is 0 Å². The fourth-order valence-electron chi connectivity index (χ4n) is 1.27. The van der Waals surface area contributed by atoms with Crippen molar-refractivity contribution in [3.05, 3.63) is 48.9 Å². The normalized spacial score (nSPS) is 18.4. The van der Waals surface area contributed by atoms with Gasteiger partial charge < -0.3 is 12.7 Å². The molecule has 2 rings (SSSR count). The third-order valence-electron chi connectivity index (χ3n) is 2.30. The van der Waals surface area contributed by atoms with Gasteiger partial charge in [-0.25, -0.2) is 4.99 Å². The summed E-state index contributed by atoms with van der Waals surface area (Å²) in [6.45, 7) is 3.66. The van der Waals surface area contributed by atoms with E-state index in [1.807, 2.05) is 32.1 Å². The predicted molar refractivity (Wildman–Crippen MR) is 71.4 cm³/mol. The van der Waals surface area contributed by atoms with Crippen molar-refractivity contribution in [2.45, 2.75) is 13.8 Å². The molecule has 5 heteroatoms. The Morgan fingerprint density at radius 2 is 2.00 bits per heavy atom. The average Bonchev–Trinajstić information content (AvgIpc) is 2.44. The van der Waals surface area contributed by atoms with Crippen LogP contribution in [0.25, 0.3) is 0 Å². The van der Waals surface area contributed by atoms with Crippen LogP contribution in [0.5, 0.6) is 0 Å². The van der Waals surface area contributed by atoms with Crippen LogP contribution in [0.4, 0.5) is 0 Å². The van der Waals surface area contributed by atoms with E-state index in [2.05, 4.69) is 16.0 Å². The molecule has 0 saturated heterocycles. The van der Waals surface area contributed by atoms with Crippen molar-refractivity contribution in [3.8, 4) is 0 Å². The zero-order valence-electron chi connectivity index (χ0n) is 11.0. The van der Waals surface area contributed by atoms with Crippen LogP contribution in [-0.4, -0.2) is 31.0 Å². The summed E-state index contributed by atoms with van der Waals surface area (Å²) in [4.78, 5) is 16.1. The molecule has 0 saturated carbocycles. The van der Waals surface area contributed by atoms with E-state index >= 15 is 0 Å². The van der Waals surface area contributed by atoms with E-state index in [1.54, 1.807) is 12.3 Å². The number of allylic oxidation sites excluding steroid dienone is 3. The molecular weight excluding hydrogens is 469 g/mol. The first-order valence-corrected chi connectivity index (χ1v) is 4.80. The van der Waals surface area contributed by atoms with Crippen LogP contribution < -0.4 is 5.32 Å². The molecule has 1 N–H and O–H groups in total. The third kappa shape index (κ3) is 3.36. The van der Waals surface area contributed by atoms with Crippen molar-refractivity contribution in [2.75, 3.05) is 0 Å². The largest absolute Gasteiger partial charge is 0.358 e. The molecule has 2 radical (unpaired) electrons. The van der Waals surface area contributed by atoms with Crippen LogP contribution in [0.2, 0.25) is 0 Å². The molecule has 0 bridgehead atoms. The van der Waals surface area contributed by atoms with Crippen molar-refractivity contribution in [2.24, 2.45) is 10.4 Å². The molecule has 1 aliphatic carbocycles. The van der Waals surface area contributed by atoms with Crippen LogP contribution in [0, 0.1) is 12.8 Å². The number of rotatable bonds is 0. The van der Waals surface area contributed by atoms with E-state index in [9.17, 15) is 4.79 Å². The van der Waals surface area contributed by atoms with Gasteiger partial charge in [-0.1, -0.05) is 17.9 Å². The minimum atomic E-state index is -0.578. The molecule has 3 nitrogen and oxygen atoms in total. The maximum atomic E-state index is 11.8. The second-order valence-corrected chi connectivity index (χ2v) is 4.06. The molecule has 1 heterocycles. The molecule has 0 aromatic heterocycles. The number of carbonyl (C=O) groups is 1. The summed E-state index contributed by atoms with van der Waals surface area (Å²) in [5.74, 6) is -0.0513. The van der Waals surface area contributed by atoms with Gasteiger partial charge >= 0.3 is 0 Å². The smallest absolute Gasteiger partial charge is 0.235 e. The first kappa shape index (κ1) is 18.1. The molecule has 0 unspecified atom stereocenters. The minimum absolute atomic E-state index is 0. The summed E-state index contributed by atoms with van der Waals surface area (Å²) >= 11 is 0. The molecule has 1 aliphatic heterocycles. The van der Waals surface area contributed by atoms with Crippen LogP contribution in [-0.2, 0) is 4.79 Å². The quantitative estimate of drug-likeness (QED) is 0.318. The first-order valence-electron chi connectivity index (χ1n) is 4.80. The molecule has 0 aromatic rings. The Bertz CT molecular complexity index is 469. The Balaban J connectivity index is 0. The van der Waals surface area contributed by atoms with Gasteiger partial charge in [0.05, 0.1) is 11.1 Å². The molecule has 0 fully saturated rings. The Morgan fingerprint density at radius 1 is 1.33 bits per heavy atom. The van der Waals surface area contributed by atoms with Gasteiger partial charge in [-0.15, -0.1) is 0 Å². The van der Waals surface area contributed by atoms with E-state index in [-0.39, 0.29) is 32.2 Å². The Morgan fingerprint density at radius 3 is 2.67 bits per heavy atom. The fourth-order valence-corrected chi connectivity index (χ4v) is 1.27. The van der Waals surface area contributed by atoms with Crippen molar-refractivity contribution in [1.29, 1.82) is 0 Å². The Kier molecular flexibility index (Phi) is 6.51. The first-order chi connectivity index (χ1) is 7.09. The fraction of sp³-hybridized carbons (Fsp3) is 0.231. The van der Waals surface area contributed by atoms with Crippen molar-refractivity contribution in [3.63, 3.8) is 0 Å². The molecule has 0 aromatic carbocycles. The zero-order chi connectivity index (χ0) is 10.9.